The minimum absolute atomic E-state index is 0.0656. The van der Waals surface area contributed by atoms with E-state index in [1.165, 1.54) is 6.08 Å². The normalized spacial score (nSPS) is 15.5. The van der Waals surface area contributed by atoms with E-state index in [2.05, 4.69) is 6.58 Å². The van der Waals surface area contributed by atoms with Crippen molar-refractivity contribution in [2.45, 2.75) is 6.42 Å². The zero-order chi connectivity index (χ0) is 8.91. The van der Waals surface area contributed by atoms with Gasteiger partial charge in [0.25, 0.3) is 0 Å². The highest BCUT2D eigenvalue weighted by molar-refractivity contribution is 7.89. The van der Waals surface area contributed by atoms with E-state index in [1.54, 1.807) is 0 Å². The van der Waals surface area contributed by atoms with Gasteiger partial charge >= 0.3 is 0 Å². The van der Waals surface area contributed by atoms with Crippen molar-refractivity contribution in [3.05, 3.63) is 12.7 Å². The van der Waals surface area contributed by atoms with Crippen LogP contribution in [0.4, 0.5) is 0 Å². The molecule has 1 atom stereocenters. The molecule has 0 aliphatic rings. The molecule has 0 saturated carbocycles. The maximum atomic E-state index is 11.2. The van der Waals surface area contributed by atoms with Gasteiger partial charge in [-0.15, -0.1) is 6.58 Å². The van der Waals surface area contributed by atoms with E-state index in [4.69, 9.17) is 22.8 Å². The highest BCUT2D eigenvalue weighted by Gasteiger charge is 2.16. The van der Waals surface area contributed by atoms with Crippen LogP contribution in [0, 0.1) is 0 Å². The molecule has 0 N–H and O–H groups in total. The lowest BCUT2D eigenvalue weighted by Gasteiger charge is -2.04. The van der Waals surface area contributed by atoms with Crippen LogP contribution in [0.1, 0.15) is 6.42 Å². The Labute approximate surface area is 75.7 Å². The van der Waals surface area contributed by atoms with Crippen LogP contribution in [-0.2, 0) is 9.36 Å². The predicted octanol–water partition coefficient (Wildman–Crippen LogP) is 2.84. The third kappa shape index (κ3) is 6.61. The Hall–Kier alpha value is 0.220. The maximum absolute atomic E-state index is 11.2. The van der Waals surface area contributed by atoms with Crippen molar-refractivity contribution < 1.29 is 9.36 Å². The van der Waals surface area contributed by atoms with Crippen molar-refractivity contribution >= 4 is 34.6 Å². The van der Waals surface area contributed by atoms with Crippen LogP contribution in [0.5, 0.6) is 0 Å². The summed E-state index contributed by atoms with van der Waals surface area (Å²) in [4.78, 5) is 10.3. The maximum Gasteiger partial charge on any atom is 0.222 e. The molecule has 0 aromatic carbocycles. The van der Waals surface area contributed by atoms with E-state index < -0.39 is 11.7 Å². The summed E-state index contributed by atoms with van der Waals surface area (Å²) in [6.45, 7) is 0.701. The molecule has 0 aromatic heterocycles. The van der Waals surface area contributed by atoms with Crippen LogP contribution < -0.4 is 0 Å². The first-order valence-electron chi connectivity index (χ1n) is 3.05. The van der Waals surface area contributed by atoms with E-state index in [0.717, 1.165) is 0 Å². The molecule has 0 spiro atoms. The van der Waals surface area contributed by atoms with Gasteiger partial charge in [0.1, 0.15) is 0 Å². The molecule has 0 rings (SSSR count). The van der Waals surface area contributed by atoms with Crippen LogP contribution in [0.3, 0.4) is 0 Å². The third-order valence-corrected chi connectivity index (χ3v) is 3.85. The second kappa shape index (κ2) is 4.97. The average molecular weight is 215 g/mol. The van der Waals surface area contributed by atoms with Gasteiger partial charge in [0.2, 0.25) is 5.24 Å². The highest BCUT2D eigenvalue weighted by Crippen LogP contribution is 2.51. The van der Waals surface area contributed by atoms with Crippen molar-refractivity contribution in [3.8, 4) is 0 Å². The van der Waals surface area contributed by atoms with Gasteiger partial charge in [0.15, 0.2) is 6.49 Å². The molecule has 0 aliphatic heterocycles. The van der Waals surface area contributed by atoms with Gasteiger partial charge in [0.05, 0.1) is 0 Å². The molecule has 0 aromatic rings. The second-order valence-corrected chi connectivity index (χ2v) is 6.75. The molecule has 0 saturated heterocycles. The van der Waals surface area contributed by atoms with Crippen molar-refractivity contribution in [3.63, 3.8) is 0 Å². The van der Waals surface area contributed by atoms with Crippen molar-refractivity contribution in [2.75, 3.05) is 12.3 Å². The molecule has 11 heavy (non-hydrogen) atoms. The third-order valence-electron chi connectivity index (χ3n) is 1.04. The smallest absolute Gasteiger partial charge is 0.222 e. The SMILES string of the molecule is C=CCP(=O)(Cl)CCC(=O)Cl. The molecule has 0 heterocycles. The number of rotatable bonds is 5. The summed E-state index contributed by atoms with van der Waals surface area (Å²) < 4.78 is 11.2. The molecule has 0 radical (unpaired) electrons. The Morgan fingerprint density at radius 1 is 1.64 bits per heavy atom. The van der Waals surface area contributed by atoms with Gasteiger partial charge in [-0.1, -0.05) is 17.3 Å². The number of hydrogen-bond donors (Lipinski definition) is 0. The largest absolute Gasteiger partial charge is 0.306 e. The molecule has 0 bridgehead atoms. The Kier molecular flexibility index (Phi) is 5.07. The van der Waals surface area contributed by atoms with E-state index in [1.807, 2.05) is 0 Å². The first kappa shape index (κ1) is 11.2. The summed E-state index contributed by atoms with van der Waals surface area (Å²) in [5, 5.41) is -0.505. The number of allylic oxidation sites excluding steroid dienone is 1. The molecular formula is C6H9Cl2O2P. The Morgan fingerprint density at radius 2 is 2.18 bits per heavy atom. The summed E-state index contributed by atoms with van der Waals surface area (Å²) in [7, 11) is 0. The van der Waals surface area contributed by atoms with Gasteiger partial charge < -0.3 is 4.57 Å². The lowest BCUT2D eigenvalue weighted by molar-refractivity contribution is -0.111. The van der Waals surface area contributed by atoms with Crippen LogP contribution >= 0.6 is 29.3 Å². The van der Waals surface area contributed by atoms with E-state index in [-0.39, 0.29) is 18.7 Å². The zero-order valence-electron chi connectivity index (χ0n) is 5.93. The average Bonchev–Trinajstić information content (AvgIpc) is 1.84. The molecule has 5 heteroatoms. The standard InChI is InChI=1S/C6H9Cl2O2P/c1-2-4-11(8,10)5-3-6(7)9/h2H,1,3-5H2. The van der Waals surface area contributed by atoms with E-state index in [9.17, 15) is 9.36 Å². The van der Waals surface area contributed by atoms with Gasteiger partial charge in [-0.05, 0) is 11.6 Å². The van der Waals surface area contributed by atoms with Crippen LogP contribution in [-0.4, -0.2) is 17.6 Å². The van der Waals surface area contributed by atoms with E-state index in [0.29, 0.717) is 0 Å². The lowest BCUT2D eigenvalue weighted by Crippen LogP contribution is -1.93. The minimum atomic E-state index is -2.70. The topological polar surface area (TPSA) is 34.1 Å². The molecule has 0 fully saturated rings. The fraction of sp³-hybridized carbons (Fsp3) is 0.500. The molecule has 0 aliphatic carbocycles. The van der Waals surface area contributed by atoms with E-state index >= 15 is 0 Å². The highest BCUT2D eigenvalue weighted by atomic mass is 35.7. The minimum Gasteiger partial charge on any atom is -0.306 e. The first-order chi connectivity index (χ1) is 4.98. The molecular weight excluding hydrogens is 206 g/mol. The lowest BCUT2D eigenvalue weighted by atomic mass is 10.5. The van der Waals surface area contributed by atoms with Gasteiger partial charge in [-0.2, -0.15) is 0 Å². The van der Waals surface area contributed by atoms with Crippen molar-refractivity contribution in [1.82, 2.24) is 0 Å². The quantitative estimate of drug-likeness (QED) is 0.401. The van der Waals surface area contributed by atoms with Crippen LogP contribution in [0.15, 0.2) is 12.7 Å². The summed E-state index contributed by atoms with van der Waals surface area (Å²) >= 11 is 10.6. The van der Waals surface area contributed by atoms with Crippen molar-refractivity contribution in [1.29, 1.82) is 0 Å². The molecule has 2 nitrogen and oxygen atoms in total. The van der Waals surface area contributed by atoms with Gasteiger partial charge in [0, 0.05) is 18.7 Å². The summed E-state index contributed by atoms with van der Waals surface area (Å²) in [6.07, 6.45) is 1.95. The number of halogens is 2. The summed E-state index contributed by atoms with van der Waals surface area (Å²) in [5.74, 6) is 0. The number of hydrogen-bond acceptors (Lipinski definition) is 2. The van der Waals surface area contributed by atoms with Gasteiger partial charge in [-0.25, -0.2) is 0 Å². The van der Waals surface area contributed by atoms with Crippen LogP contribution in [0.2, 0.25) is 0 Å². The molecule has 64 valence electrons. The fourth-order valence-corrected chi connectivity index (χ4v) is 2.42. The predicted molar refractivity (Wildman–Crippen MR) is 48.9 cm³/mol. The molecule has 0 amide bonds. The summed E-state index contributed by atoms with van der Waals surface area (Å²) in [6, 6.07) is 0. The molecule has 1 unspecified atom stereocenters. The van der Waals surface area contributed by atoms with Gasteiger partial charge in [-0.3, -0.25) is 4.79 Å². The van der Waals surface area contributed by atoms with Crippen molar-refractivity contribution in [2.24, 2.45) is 0 Å². The second-order valence-electron chi connectivity index (χ2n) is 2.09. The number of carbonyl (C=O) groups is 1. The van der Waals surface area contributed by atoms with Crippen LogP contribution in [0.25, 0.3) is 0 Å². The Balaban J connectivity index is 3.82. The zero-order valence-corrected chi connectivity index (χ0v) is 8.33. The number of carbonyl (C=O) groups excluding carboxylic acids is 1. The monoisotopic (exact) mass is 214 g/mol. The Bertz CT molecular complexity index is 203. The first-order valence-corrected chi connectivity index (χ1v) is 6.41. The Morgan fingerprint density at radius 3 is 2.55 bits per heavy atom. The summed E-state index contributed by atoms with van der Waals surface area (Å²) in [5.41, 5.74) is 0. The fourth-order valence-electron chi connectivity index (χ4n) is 0.539.